The molecule has 6 heteroatoms. The maximum atomic E-state index is 13.4. The van der Waals surface area contributed by atoms with Gasteiger partial charge in [0.2, 0.25) is 0 Å². The number of carbonyl (C=O) groups excluding carboxylic acids is 1. The lowest BCUT2D eigenvalue weighted by Gasteiger charge is -2.37. The molecule has 2 aliphatic rings. The molecule has 0 bridgehead atoms. The summed E-state index contributed by atoms with van der Waals surface area (Å²) in [5, 5.41) is 6.17. The van der Waals surface area contributed by atoms with Crippen LogP contribution in [-0.4, -0.2) is 61.1 Å². The summed E-state index contributed by atoms with van der Waals surface area (Å²) in [6, 6.07) is 5.04. The van der Waals surface area contributed by atoms with Gasteiger partial charge in [0.25, 0.3) is 0 Å². The summed E-state index contributed by atoms with van der Waals surface area (Å²) >= 11 is 0. The Hall–Kier alpha value is -1.66. The van der Waals surface area contributed by atoms with E-state index in [2.05, 4.69) is 15.5 Å². The number of nitrogens with zero attached hydrogens (tertiary/aromatic N) is 2. The second-order valence-corrected chi connectivity index (χ2v) is 6.12. The van der Waals surface area contributed by atoms with Crippen molar-refractivity contribution in [1.29, 1.82) is 0 Å². The van der Waals surface area contributed by atoms with E-state index in [9.17, 15) is 9.18 Å². The van der Waals surface area contributed by atoms with Gasteiger partial charge in [-0.2, -0.15) is 0 Å². The van der Waals surface area contributed by atoms with Gasteiger partial charge >= 0.3 is 6.03 Å². The Morgan fingerprint density at radius 2 is 2.05 bits per heavy atom. The lowest BCUT2D eigenvalue weighted by Crippen LogP contribution is -2.53. The van der Waals surface area contributed by atoms with Gasteiger partial charge in [0.1, 0.15) is 5.82 Å². The number of benzene rings is 1. The Bertz CT molecular complexity index is 517. The molecule has 2 saturated heterocycles. The van der Waals surface area contributed by atoms with Crippen LogP contribution in [0.25, 0.3) is 0 Å². The Morgan fingerprint density at radius 3 is 2.68 bits per heavy atom. The highest BCUT2D eigenvalue weighted by molar-refractivity contribution is 5.89. The Kier molecular flexibility index (Phi) is 4.59. The monoisotopic (exact) mass is 306 g/mol. The number of anilines is 1. The molecule has 0 aliphatic carbocycles. The van der Waals surface area contributed by atoms with Crippen LogP contribution in [-0.2, 0) is 0 Å². The van der Waals surface area contributed by atoms with E-state index in [1.54, 1.807) is 11.0 Å². The zero-order valence-corrected chi connectivity index (χ0v) is 12.9. The first-order chi connectivity index (χ1) is 10.6. The van der Waals surface area contributed by atoms with E-state index < -0.39 is 0 Å². The summed E-state index contributed by atoms with van der Waals surface area (Å²) in [4.78, 5) is 16.5. The number of urea groups is 1. The average molecular weight is 306 g/mol. The van der Waals surface area contributed by atoms with Crippen molar-refractivity contribution in [2.75, 3.05) is 44.6 Å². The zero-order chi connectivity index (χ0) is 15.5. The van der Waals surface area contributed by atoms with Crippen molar-refractivity contribution < 1.29 is 9.18 Å². The Labute approximate surface area is 130 Å². The molecule has 5 nitrogen and oxygen atoms in total. The number of hydrogen-bond acceptors (Lipinski definition) is 3. The van der Waals surface area contributed by atoms with Gasteiger partial charge in [-0.15, -0.1) is 0 Å². The molecule has 2 amide bonds. The van der Waals surface area contributed by atoms with E-state index in [0.717, 1.165) is 44.8 Å². The molecule has 1 aromatic rings. The fourth-order valence-corrected chi connectivity index (χ4v) is 3.25. The maximum Gasteiger partial charge on any atom is 0.321 e. The molecule has 22 heavy (non-hydrogen) atoms. The summed E-state index contributed by atoms with van der Waals surface area (Å²) in [7, 11) is 0. The summed E-state index contributed by atoms with van der Waals surface area (Å²) in [6.45, 7) is 7.20. The topological polar surface area (TPSA) is 47.6 Å². The highest BCUT2D eigenvalue weighted by Crippen LogP contribution is 2.16. The molecule has 1 atom stereocenters. The summed E-state index contributed by atoms with van der Waals surface area (Å²) in [5.74, 6) is -0.325. The van der Waals surface area contributed by atoms with E-state index in [1.807, 2.05) is 6.92 Å². The number of piperazine rings is 1. The van der Waals surface area contributed by atoms with Gasteiger partial charge in [-0.3, -0.25) is 4.90 Å². The van der Waals surface area contributed by atoms with Gasteiger partial charge < -0.3 is 15.5 Å². The summed E-state index contributed by atoms with van der Waals surface area (Å²) in [5.41, 5.74) is 1.32. The zero-order valence-electron chi connectivity index (χ0n) is 12.9. The van der Waals surface area contributed by atoms with E-state index in [1.165, 1.54) is 18.6 Å². The molecule has 2 fully saturated rings. The smallest absolute Gasteiger partial charge is 0.321 e. The van der Waals surface area contributed by atoms with E-state index in [4.69, 9.17) is 0 Å². The van der Waals surface area contributed by atoms with Crippen LogP contribution in [0, 0.1) is 12.7 Å². The number of hydrogen-bond donors (Lipinski definition) is 2. The fourth-order valence-electron chi connectivity index (χ4n) is 3.25. The largest absolute Gasteiger partial charge is 0.322 e. The van der Waals surface area contributed by atoms with Crippen molar-refractivity contribution >= 4 is 11.7 Å². The number of carbonyl (C=O) groups is 1. The van der Waals surface area contributed by atoms with Gasteiger partial charge in [0.15, 0.2) is 0 Å². The quantitative estimate of drug-likeness (QED) is 0.873. The lowest BCUT2D eigenvalue weighted by molar-refractivity contribution is 0.119. The minimum absolute atomic E-state index is 0.144. The Morgan fingerprint density at radius 1 is 1.27 bits per heavy atom. The first-order valence-corrected chi connectivity index (χ1v) is 7.90. The van der Waals surface area contributed by atoms with Crippen molar-refractivity contribution in [3.63, 3.8) is 0 Å². The molecule has 3 rings (SSSR count). The molecule has 2 N–H and O–H groups in total. The molecule has 120 valence electrons. The third-order valence-corrected chi connectivity index (χ3v) is 4.45. The SMILES string of the molecule is Cc1cc(F)cc(NC(=O)N2CCN([C@@H]3CCNC3)CC2)c1. The average Bonchev–Trinajstić information content (AvgIpc) is 3.00. The van der Waals surface area contributed by atoms with Crippen molar-refractivity contribution in [2.45, 2.75) is 19.4 Å². The summed E-state index contributed by atoms with van der Waals surface area (Å²) < 4.78 is 13.4. The minimum atomic E-state index is -0.325. The standard InChI is InChI=1S/C16H23FN4O/c1-12-8-13(17)10-14(9-12)19-16(22)21-6-4-20(5-7-21)15-2-3-18-11-15/h8-10,15,18H,2-7,11H2,1H3,(H,19,22)/t15-/m1/s1. The Balaban J connectivity index is 1.53. The van der Waals surface area contributed by atoms with Crippen LogP contribution in [0.1, 0.15) is 12.0 Å². The second-order valence-electron chi connectivity index (χ2n) is 6.12. The third kappa shape index (κ3) is 3.56. The van der Waals surface area contributed by atoms with Crippen LogP contribution in [0.5, 0.6) is 0 Å². The van der Waals surface area contributed by atoms with Crippen molar-refractivity contribution in [2.24, 2.45) is 0 Å². The first-order valence-electron chi connectivity index (χ1n) is 7.90. The first kappa shape index (κ1) is 15.2. The fraction of sp³-hybridized carbons (Fsp3) is 0.562. The van der Waals surface area contributed by atoms with Crippen molar-refractivity contribution in [3.8, 4) is 0 Å². The predicted octanol–water partition coefficient (Wildman–Crippen LogP) is 1.65. The molecule has 0 unspecified atom stereocenters. The summed E-state index contributed by atoms with van der Waals surface area (Å²) in [6.07, 6.45) is 1.19. The normalized spacial score (nSPS) is 22.8. The molecule has 0 saturated carbocycles. The molecule has 2 heterocycles. The van der Waals surface area contributed by atoms with Gasteiger partial charge in [-0.1, -0.05) is 0 Å². The van der Waals surface area contributed by atoms with Gasteiger partial charge in [-0.05, 0) is 43.7 Å². The number of amides is 2. The maximum absolute atomic E-state index is 13.4. The minimum Gasteiger partial charge on any atom is -0.322 e. The van der Waals surface area contributed by atoms with Gasteiger partial charge in [0, 0.05) is 44.5 Å². The van der Waals surface area contributed by atoms with Crippen LogP contribution in [0.4, 0.5) is 14.9 Å². The van der Waals surface area contributed by atoms with Crippen LogP contribution in [0.3, 0.4) is 0 Å². The van der Waals surface area contributed by atoms with Crippen LogP contribution < -0.4 is 10.6 Å². The number of aryl methyl sites for hydroxylation is 1. The number of rotatable bonds is 2. The number of halogens is 1. The predicted molar refractivity (Wildman–Crippen MR) is 84.6 cm³/mol. The van der Waals surface area contributed by atoms with Gasteiger partial charge in [-0.25, -0.2) is 9.18 Å². The van der Waals surface area contributed by atoms with Crippen LogP contribution >= 0.6 is 0 Å². The van der Waals surface area contributed by atoms with E-state index in [0.29, 0.717) is 11.7 Å². The second kappa shape index (κ2) is 6.62. The highest BCUT2D eigenvalue weighted by atomic mass is 19.1. The van der Waals surface area contributed by atoms with Crippen LogP contribution in [0.2, 0.25) is 0 Å². The van der Waals surface area contributed by atoms with E-state index in [-0.39, 0.29) is 11.8 Å². The van der Waals surface area contributed by atoms with Crippen LogP contribution in [0.15, 0.2) is 18.2 Å². The number of nitrogens with one attached hydrogen (secondary N) is 2. The molecular formula is C16H23FN4O. The lowest BCUT2D eigenvalue weighted by atomic mass is 10.2. The van der Waals surface area contributed by atoms with E-state index >= 15 is 0 Å². The molecule has 0 spiro atoms. The van der Waals surface area contributed by atoms with Crippen molar-refractivity contribution in [3.05, 3.63) is 29.6 Å². The molecular weight excluding hydrogens is 283 g/mol. The molecule has 1 aromatic carbocycles. The molecule has 2 aliphatic heterocycles. The van der Waals surface area contributed by atoms with Gasteiger partial charge in [0.05, 0.1) is 0 Å². The molecule has 0 aromatic heterocycles. The van der Waals surface area contributed by atoms with Crippen molar-refractivity contribution in [1.82, 2.24) is 15.1 Å². The molecule has 0 radical (unpaired) electrons. The highest BCUT2D eigenvalue weighted by Gasteiger charge is 2.27. The third-order valence-electron chi connectivity index (χ3n) is 4.45.